The zero-order valence-corrected chi connectivity index (χ0v) is 17.6. The van der Waals surface area contributed by atoms with Gasteiger partial charge in [-0.05, 0) is 35.9 Å². The topological polar surface area (TPSA) is 152 Å². The van der Waals surface area contributed by atoms with Crippen molar-refractivity contribution in [2.24, 2.45) is 0 Å². The second-order valence-corrected chi connectivity index (χ2v) is 7.55. The van der Waals surface area contributed by atoms with Gasteiger partial charge in [0.25, 0.3) is 11.6 Å². The molecule has 0 spiro atoms. The van der Waals surface area contributed by atoms with Crippen molar-refractivity contribution in [2.45, 2.75) is 24.7 Å². The molecule has 2 heterocycles. The molecule has 0 aromatic heterocycles. The average Bonchev–Trinajstić information content (AvgIpc) is 3.21. The molecule has 1 saturated heterocycles. The van der Waals surface area contributed by atoms with E-state index in [4.69, 9.17) is 9.47 Å². The van der Waals surface area contributed by atoms with E-state index in [9.17, 15) is 29.8 Å². The Labute approximate surface area is 193 Å². The zero-order chi connectivity index (χ0) is 24.2. The van der Waals surface area contributed by atoms with Gasteiger partial charge in [-0.1, -0.05) is 18.2 Å². The second kappa shape index (κ2) is 9.41. The van der Waals surface area contributed by atoms with Crippen molar-refractivity contribution in [3.63, 3.8) is 0 Å². The first kappa shape index (κ1) is 22.5. The fraction of sp³-hybridized carbons (Fsp3) is 0.217. The summed E-state index contributed by atoms with van der Waals surface area (Å²) in [6, 6.07) is 13.3. The number of carbonyl (C=O) groups excluding carboxylic acids is 3. The molecule has 1 fully saturated rings. The molecule has 0 saturated carbocycles. The number of carbonyl (C=O) groups is 3. The number of nitrogens with zero attached hydrogens (tertiary/aromatic N) is 3. The molecule has 2 aliphatic rings. The number of hydrogen-bond acceptors (Lipinski definition) is 8. The Morgan fingerprint density at radius 2 is 1.85 bits per heavy atom. The minimum Gasteiger partial charge on any atom is -0.484 e. The van der Waals surface area contributed by atoms with Crippen LogP contribution in [0, 0.1) is 21.4 Å². The average molecular weight is 462 g/mol. The van der Waals surface area contributed by atoms with Crippen LogP contribution in [0.5, 0.6) is 5.75 Å². The summed E-state index contributed by atoms with van der Waals surface area (Å²) in [5.74, 6) is -1.34. The van der Waals surface area contributed by atoms with Crippen LogP contribution in [0.25, 0.3) is 0 Å². The quantitative estimate of drug-likeness (QED) is 0.266. The molecule has 2 aromatic rings. The minimum absolute atomic E-state index is 0.0457. The number of non-ortho nitro benzene ring substituents is 1. The molecule has 11 heteroatoms. The minimum atomic E-state index is -1.21. The molecule has 172 valence electrons. The summed E-state index contributed by atoms with van der Waals surface area (Å²) in [6.45, 7) is -0.480. The van der Waals surface area contributed by atoms with Crippen LogP contribution in [0.2, 0.25) is 0 Å². The highest BCUT2D eigenvalue weighted by Gasteiger charge is 2.57. The van der Waals surface area contributed by atoms with Gasteiger partial charge in [-0.3, -0.25) is 19.7 Å². The van der Waals surface area contributed by atoms with Crippen LogP contribution in [-0.4, -0.2) is 52.3 Å². The standard InChI is InChI=1S/C23H18N4O7/c24-11-15-10-18-20(25-19(28)13-33-17-4-2-1-3-5-17)22(29)26(18)21(15)23(30)34-12-14-6-8-16(9-7-14)27(31)32/h1-10,18,20-21H,12-13H2,(H,25,28). The SMILES string of the molecule is N#CC1=CC2C(NC(=O)COc3ccccc3)C(=O)N2C1C(=O)OCc1ccc([N+](=O)[O-])cc1. The van der Waals surface area contributed by atoms with Gasteiger partial charge in [-0.15, -0.1) is 0 Å². The highest BCUT2D eigenvalue weighted by atomic mass is 16.6. The lowest BCUT2D eigenvalue weighted by Crippen LogP contribution is -2.71. The highest BCUT2D eigenvalue weighted by Crippen LogP contribution is 2.35. The number of nitriles is 1. The van der Waals surface area contributed by atoms with E-state index in [2.05, 4.69) is 5.32 Å². The third kappa shape index (κ3) is 4.42. The number of β-lactam (4-membered cyclic amide) rings is 1. The molecule has 2 amide bonds. The fourth-order valence-electron chi connectivity index (χ4n) is 3.75. The largest absolute Gasteiger partial charge is 0.484 e. The summed E-state index contributed by atoms with van der Waals surface area (Å²) in [7, 11) is 0. The van der Waals surface area contributed by atoms with Gasteiger partial charge in [0, 0.05) is 12.1 Å². The van der Waals surface area contributed by atoms with Crippen molar-refractivity contribution < 1.29 is 28.8 Å². The van der Waals surface area contributed by atoms with Gasteiger partial charge < -0.3 is 19.7 Å². The Hall–Kier alpha value is -4.72. The van der Waals surface area contributed by atoms with Crippen molar-refractivity contribution in [3.8, 4) is 11.8 Å². The van der Waals surface area contributed by atoms with Crippen molar-refractivity contribution >= 4 is 23.5 Å². The van der Waals surface area contributed by atoms with Crippen LogP contribution in [0.15, 0.2) is 66.2 Å². The van der Waals surface area contributed by atoms with E-state index in [1.165, 1.54) is 35.2 Å². The van der Waals surface area contributed by atoms with Gasteiger partial charge in [-0.2, -0.15) is 5.26 Å². The maximum Gasteiger partial charge on any atom is 0.334 e. The van der Waals surface area contributed by atoms with E-state index in [1.54, 1.807) is 30.3 Å². The smallest absolute Gasteiger partial charge is 0.334 e. The first-order valence-electron chi connectivity index (χ1n) is 10.2. The van der Waals surface area contributed by atoms with Gasteiger partial charge in [0.05, 0.1) is 22.6 Å². The number of ether oxygens (including phenoxy) is 2. The zero-order valence-electron chi connectivity index (χ0n) is 17.6. The molecule has 0 aliphatic carbocycles. The van der Waals surface area contributed by atoms with Crippen molar-refractivity contribution in [3.05, 3.63) is 81.9 Å². The monoisotopic (exact) mass is 462 g/mol. The molecular weight excluding hydrogens is 444 g/mol. The Morgan fingerprint density at radius 1 is 1.15 bits per heavy atom. The fourth-order valence-corrected chi connectivity index (χ4v) is 3.75. The first-order chi connectivity index (χ1) is 16.4. The summed E-state index contributed by atoms with van der Waals surface area (Å²) in [6.07, 6.45) is 1.46. The molecule has 3 atom stereocenters. The predicted octanol–water partition coefficient (Wildman–Crippen LogP) is 1.24. The van der Waals surface area contributed by atoms with Crippen molar-refractivity contribution in [1.82, 2.24) is 10.2 Å². The normalized spacial score (nSPS) is 20.3. The number of hydrogen-bond donors (Lipinski definition) is 1. The molecule has 3 unspecified atom stereocenters. The van der Waals surface area contributed by atoms with Crippen LogP contribution >= 0.6 is 0 Å². The third-order valence-corrected chi connectivity index (χ3v) is 5.42. The van der Waals surface area contributed by atoms with E-state index in [0.717, 1.165) is 0 Å². The maximum absolute atomic E-state index is 12.7. The number of rotatable bonds is 8. The number of benzene rings is 2. The molecular formula is C23H18N4O7. The van der Waals surface area contributed by atoms with E-state index in [0.29, 0.717) is 11.3 Å². The summed E-state index contributed by atoms with van der Waals surface area (Å²) >= 11 is 0. The van der Waals surface area contributed by atoms with Gasteiger partial charge in [0.1, 0.15) is 18.4 Å². The lowest BCUT2D eigenvalue weighted by molar-refractivity contribution is -0.384. The Kier molecular flexibility index (Phi) is 6.22. The Balaban J connectivity index is 1.34. The first-order valence-corrected chi connectivity index (χ1v) is 10.2. The lowest BCUT2D eigenvalue weighted by Gasteiger charge is -2.44. The number of nitro benzene ring substituents is 1. The van der Waals surface area contributed by atoms with E-state index < -0.39 is 40.8 Å². The van der Waals surface area contributed by atoms with Crippen LogP contribution in [-0.2, 0) is 25.7 Å². The molecule has 0 bridgehead atoms. The maximum atomic E-state index is 12.7. The van der Waals surface area contributed by atoms with Crippen LogP contribution in [0.4, 0.5) is 5.69 Å². The van der Waals surface area contributed by atoms with Crippen molar-refractivity contribution in [2.75, 3.05) is 6.61 Å². The van der Waals surface area contributed by atoms with E-state index in [-0.39, 0.29) is 24.5 Å². The van der Waals surface area contributed by atoms with E-state index in [1.807, 2.05) is 6.07 Å². The van der Waals surface area contributed by atoms with Gasteiger partial charge in [0.15, 0.2) is 12.6 Å². The van der Waals surface area contributed by atoms with Crippen LogP contribution in [0.1, 0.15) is 5.56 Å². The van der Waals surface area contributed by atoms with Gasteiger partial charge in [-0.25, -0.2) is 4.79 Å². The number of amides is 2. The molecule has 4 rings (SSSR count). The number of fused-ring (bicyclic) bond motifs is 1. The number of para-hydroxylation sites is 1. The van der Waals surface area contributed by atoms with Gasteiger partial charge in [0.2, 0.25) is 5.91 Å². The summed E-state index contributed by atoms with van der Waals surface area (Å²) < 4.78 is 10.6. The summed E-state index contributed by atoms with van der Waals surface area (Å²) in [5, 5.41) is 22.7. The molecule has 34 heavy (non-hydrogen) atoms. The molecule has 11 nitrogen and oxygen atoms in total. The molecule has 0 radical (unpaired) electrons. The third-order valence-electron chi connectivity index (χ3n) is 5.42. The highest BCUT2D eigenvalue weighted by molar-refractivity contribution is 6.00. The molecule has 1 N–H and O–H groups in total. The number of esters is 1. The van der Waals surface area contributed by atoms with Gasteiger partial charge >= 0.3 is 5.97 Å². The lowest BCUT2D eigenvalue weighted by atomic mass is 9.97. The Bertz CT molecular complexity index is 1200. The number of nitro groups is 1. The summed E-state index contributed by atoms with van der Waals surface area (Å²) in [5.41, 5.74) is 0.454. The molecule has 2 aliphatic heterocycles. The van der Waals surface area contributed by atoms with Crippen LogP contribution in [0.3, 0.4) is 0 Å². The second-order valence-electron chi connectivity index (χ2n) is 7.55. The predicted molar refractivity (Wildman–Crippen MR) is 115 cm³/mol. The van der Waals surface area contributed by atoms with E-state index >= 15 is 0 Å². The molecule has 2 aromatic carbocycles. The number of nitrogens with one attached hydrogen (secondary N) is 1. The Morgan fingerprint density at radius 3 is 2.50 bits per heavy atom. The van der Waals surface area contributed by atoms with Crippen molar-refractivity contribution in [1.29, 1.82) is 5.26 Å². The van der Waals surface area contributed by atoms with Crippen LogP contribution < -0.4 is 10.1 Å². The summed E-state index contributed by atoms with van der Waals surface area (Å²) in [4.78, 5) is 48.9.